The number of methoxy groups -OCH3 is 1. The fraction of sp³-hybridized carbons (Fsp3) is 0.273. The van der Waals surface area contributed by atoms with Gasteiger partial charge in [-0.2, -0.15) is 0 Å². The number of likely N-dealkylation sites (tertiary alicyclic amines) is 1. The number of ether oxygens (including phenoxy) is 1. The van der Waals surface area contributed by atoms with Crippen LogP contribution in [0.25, 0.3) is 10.9 Å². The number of rotatable bonds is 4. The molecule has 28 heavy (non-hydrogen) atoms. The van der Waals surface area contributed by atoms with Crippen molar-refractivity contribution < 1.29 is 9.53 Å². The summed E-state index contributed by atoms with van der Waals surface area (Å²) in [6.45, 7) is 1.56. The Morgan fingerprint density at radius 2 is 1.86 bits per heavy atom. The van der Waals surface area contributed by atoms with Crippen LogP contribution in [0.5, 0.6) is 5.75 Å². The number of carbonyl (C=O) groups is 1. The van der Waals surface area contributed by atoms with Gasteiger partial charge >= 0.3 is 0 Å². The maximum Gasteiger partial charge on any atom is 0.272 e. The highest BCUT2D eigenvalue weighted by atomic mass is 35.5. The van der Waals surface area contributed by atoms with E-state index in [2.05, 4.69) is 10.3 Å². The molecule has 3 aromatic rings. The number of fused-ring (bicyclic) bond motifs is 1. The molecule has 0 saturated carbocycles. The molecule has 1 aliphatic rings. The molecule has 1 amide bonds. The molecule has 2 aromatic carbocycles. The topological polar surface area (TPSA) is 54.5 Å². The number of aromatic nitrogens is 1. The largest absolute Gasteiger partial charge is 0.494 e. The molecule has 1 aromatic heterocycles. The highest BCUT2D eigenvalue weighted by Gasteiger charge is 2.21. The quantitative estimate of drug-likeness (QED) is 0.654. The predicted molar refractivity (Wildman–Crippen MR) is 113 cm³/mol. The highest BCUT2D eigenvalue weighted by Crippen LogP contribution is 2.32. The molecule has 2 heterocycles. The SMILES string of the molecule is COc1cccc2c(Nc3ccc(Cl)cc3)cc(C(=O)N3CCCCC3)nc12. The zero-order chi connectivity index (χ0) is 19.5. The molecule has 144 valence electrons. The van der Waals surface area contributed by atoms with E-state index in [9.17, 15) is 4.79 Å². The number of carbonyl (C=O) groups excluding carboxylic acids is 1. The van der Waals surface area contributed by atoms with E-state index < -0.39 is 0 Å². The number of anilines is 2. The number of hydrogen-bond donors (Lipinski definition) is 1. The molecule has 0 bridgehead atoms. The fourth-order valence-corrected chi connectivity index (χ4v) is 3.67. The van der Waals surface area contributed by atoms with Crippen LogP contribution in [0.3, 0.4) is 0 Å². The Hall–Kier alpha value is -2.79. The first-order chi connectivity index (χ1) is 13.7. The third kappa shape index (κ3) is 3.76. The van der Waals surface area contributed by atoms with Crippen molar-refractivity contribution in [3.63, 3.8) is 0 Å². The minimum Gasteiger partial charge on any atom is -0.494 e. The lowest BCUT2D eigenvalue weighted by Gasteiger charge is -2.26. The molecule has 0 radical (unpaired) electrons. The van der Waals surface area contributed by atoms with E-state index in [-0.39, 0.29) is 5.91 Å². The van der Waals surface area contributed by atoms with Gasteiger partial charge in [0.2, 0.25) is 0 Å². The van der Waals surface area contributed by atoms with Gasteiger partial charge in [0.15, 0.2) is 0 Å². The highest BCUT2D eigenvalue weighted by molar-refractivity contribution is 6.30. The molecular formula is C22H22ClN3O2. The van der Waals surface area contributed by atoms with Crippen LogP contribution in [-0.2, 0) is 0 Å². The summed E-state index contributed by atoms with van der Waals surface area (Å²) in [6.07, 6.45) is 3.25. The molecule has 1 aliphatic heterocycles. The Labute approximate surface area is 169 Å². The summed E-state index contributed by atoms with van der Waals surface area (Å²) < 4.78 is 5.50. The summed E-state index contributed by atoms with van der Waals surface area (Å²) in [5, 5.41) is 4.97. The maximum atomic E-state index is 13.1. The van der Waals surface area contributed by atoms with Crippen molar-refractivity contribution in [1.29, 1.82) is 0 Å². The predicted octanol–water partition coefficient (Wildman–Crippen LogP) is 5.27. The molecule has 5 nitrogen and oxygen atoms in total. The van der Waals surface area contributed by atoms with E-state index in [1.54, 1.807) is 7.11 Å². The van der Waals surface area contributed by atoms with Crippen LogP contribution in [0, 0.1) is 0 Å². The summed E-state index contributed by atoms with van der Waals surface area (Å²) in [4.78, 5) is 19.6. The van der Waals surface area contributed by atoms with Gasteiger partial charge in [0, 0.05) is 29.2 Å². The van der Waals surface area contributed by atoms with E-state index >= 15 is 0 Å². The average Bonchev–Trinajstić information content (AvgIpc) is 2.75. The van der Waals surface area contributed by atoms with Crippen molar-refractivity contribution in [1.82, 2.24) is 9.88 Å². The van der Waals surface area contributed by atoms with E-state index in [1.165, 1.54) is 6.42 Å². The van der Waals surface area contributed by atoms with Gasteiger partial charge in [-0.25, -0.2) is 4.98 Å². The molecule has 4 rings (SSSR count). The molecule has 1 N–H and O–H groups in total. The molecule has 0 unspecified atom stereocenters. The smallest absolute Gasteiger partial charge is 0.272 e. The lowest BCUT2D eigenvalue weighted by Crippen LogP contribution is -2.36. The van der Waals surface area contributed by atoms with Crippen molar-refractivity contribution >= 4 is 39.8 Å². The van der Waals surface area contributed by atoms with Crippen molar-refractivity contribution in [2.24, 2.45) is 0 Å². The number of halogens is 1. The number of benzene rings is 2. The summed E-state index contributed by atoms with van der Waals surface area (Å²) in [6, 6.07) is 15.0. The Kier molecular flexibility index (Phi) is 5.35. The van der Waals surface area contributed by atoms with Gasteiger partial charge in [0.25, 0.3) is 5.91 Å². The molecule has 0 spiro atoms. The Bertz CT molecular complexity index is 999. The number of pyridine rings is 1. The van der Waals surface area contributed by atoms with Crippen molar-refractivity contribution in [2.45, 2.75) is 19.3 Å². The van der Waals surface area contributed by atoms with Gasteiger partial charge in [0.1, 0.15) is 17.0 Å². The second-order valence-electron chi connectivity index (χ2n) is 6.90. The van der Waals surface area contributed by atoms with Crippen LogP contribution in [0.1, 0.15) is 29.8 Å². The molecule has 0 atom stereocenters. The number of amides is 1. The van der Waals surface area contributed by atoms with Crippen LogP contribution in [0.15, 0.2) is 48.5 Å². The number of piperidine rings is 1. The van der Waals surface area contributed by atoms with E-state index in [0.717, 1.165) is 42.7 Å². The molecule has 6 heteroatoms. The van der Waals surface area contributed by atoms with Crippen molar-refractivity contribution in [3.8, 4) is 5.75 Å². The number of para-hydroxylation sites is 1. The normalized spacial score (nSPS) is 14.1. The van der Waals surface area contributed by atoms with E-state index in [1.807, 2.05) is 53.4 Å². The molecule has 0 aliphatic carbocycles. The second-order valence-corrected chi connectivity index (χ2v) is 7.33. The third-order valence-corrected chi connectivity index (χ3v) is 5.26. The monoisotopic (exact) mass is 395 g/mol. The summed E-state index contributed by atoms with van der Waals surface area (Å²) in [5.41, 5.74) is 2.79. The molecule has 1 saturated heterocycles. The second kappa shape index (κ2) is 8.07. The molecular weight excluding hydrogens is 374 g/mol. The van der Waals surface area contributed by atoms with E-state index in [4.69, 9.17) is 16.3 Å². The zero-order valence-corrected chi connectivity index (χ0v) is 16.5. The van der Waals surface area contributed by atoms with Crippen LogP contribution >= 0.6 is 11.6 Å². The first-order valence-corrected chi connectivity index (χ1v) is 9.83. The number of nitrogens with zero attached hydrogens (tertiary/aromatic N) is 2. The van der Waals surface area contributed by atoms with Crippen molar-refractivity contribution in [3.05, 3.63) is 59.2 Å². The van der Waals surface area contributed by atoms with E-state index in [0.29, 0.717) is 22.0 Å². The van der Waals surface area contributed by atoms with Gasteiger partial charge in [-0.05, 0) is 55.7 Å². The number of hydrogen-bond acceptors (Lipinski definition) is 4. The first kappa shape index (κ1) is 18.6. The average molecular weight is 396 g/mol. The van der Waals surface area contributed by atoms with Crippen LogP contribution in [-0.4, -0.2) is 36.0 Å². The van der Waals surface area contributed by atoms with Gasteiger partial charge in [0.05, 0.1) is 12.8 Å². The Balaban J connectivity index is 1.79. The van der Waals surface area contributed by atoms with Gasteiger partial charge in [-0.3, -0.25) is 4.79 Å². The third-order valence-electron chi connectivity index (χ3n) is 5.01. The van der Waals surface area contributed by atoms with Gasteiger partial charge < -0.3 is 15.0 Å². The summed E-state index contributed by atoms with van der Waals surface area (Å²) in [7, 11) is 1.61. The lowest BCUT2D eigenvalue weighted by molar-refractivity contribution is 0.0719. The summed E-state index contributed by atoms with van der Waals surface area (Å²) in [5.74, 6) is 0.608. The fourth-order valence-electron chi connectivity index (χ4n) is 3.55. The zero-order valence-electron chi connectivity index (χ0n) is 15.7. The van der Waals surface area contributed by atoms with Crippen LogP contribution in [0.4, 0.5) is 11.4 Å². The van der Waals surface area contributed by atoms with Crippen molar-refractivity contribution in [2.75, 3.05) is 25.5 Å². The lowest BCUT2D eigenvalue weighted by atomic mass is 10.1. The van der Waals surface area contributed by atoms with Gasteiger partial charge in [-0.1, -0.05) is 23.7 Å². The first-order valence-electron chi connectivity index (χ1n) is 9.45. The minimum atomic E-state index is -0.0355. The Morgan fingerprint density at radius 3 is 2.57 bits per heavy atom. The van der Waals surface area contributed by atoms with Crippen LogP contribution in [0.2, 0.25) is 5.02 Å². The summed E-state index contributed by atoms with van der Waals surface area (Å²) >= 11 is 6.00. The Morgan fingerprint density at radius 1 is 1.11 bits per heavy atom. The van der Waals surface area contributed by atoms with Gasteiger partial charge in [-0.15, -0.1) is 0 Å². The standard InChI is InChI=1S/C22H22ClN3O2/c1-28-20-7-5-6-17-18(24-16-10-8-15(23)9-11-16)14-19(25-21(17)20)22(27)26-12-3-2-4-13-26/h5-11,14H,2-4,12-13H2,1H3,(H,24,25). The maximum absolute atomic E-state index is 13.1. The van der Waals surface area contributed by atoms with Crippen LogP contribution < -0.4 is 10.1 Å². The number of nitrogens with one attached hydrogen (secondary N) is 1. The molecule has 1 fully saturated rings. The minimum absolute atomic E-state index is 0.0355.